The van der Waals surface area contributed by atoms with Gasteiger partial charge in [-0.25, -0.2) is 0 Å². The van der Waals surface area contributed by atoms with Gasteiger partial charge in [-0.05, 0) is 29.7 Å². The van der Waals surface area contributed by atoms with Crippen molar-refractivity contribution in [1.29, 1.82) is 0 Å². The van der Waals surface area contributed by atoms with E-state index in [0.717, 1.165) is 16.3 Å². The number of amides is 1. The average Bonchev–Trinajstić information content (AvgIpc) is 2.46. The maximum atomic E-state index is 11.8. The summed E-state index contributed by atoms with van der Waals surface area (Å²) in [7, 11) is 0. The molecular weight excluding hydrogens is 266 g/mol. The fourth-order valence-electron chi connectivity index (χ4n) is 2.42. The van der Waals surface area contributed by atoms with Gasteiger partial charge in [0.25, 0.3) is 0 Å². The Morgan fingerprint density at radius 3 is 2.57 bits per heavy atom. The monoisotopic (exact) mass is 285 g/mol. The maximum Gasteiger partial charge on any atom is 0.303 e. The largest absolute Gasteiger partial charge is 0.481 e. The van der Waals surface area contributed by atoms with Crippen LogP contribution in [-0.4, -0.2) is 17.0 Å². The number of carboxylic acids is 1. The molecule has 4 heteroatoms. The van der Waals surface area contributed by atoms with E-state index < -0.39 is 5.97 Å². The lowest BCUT2D eigenvalue weighted by atomic mass is 9.99. The highest BCUT2D eigenvalue weighted by Gasteiger charge is 2.12. The molecule has 21 heavy (non-hydrogen) atoms. The van der Waals surface area contributed by atoms with Crippen molar-refractivity contribution in [3.05, 3.63) is 48.0 Å². The molecule has 2 aromatic carbocycles. The van der Waals surface area contributed by atoms with Gasteiger partial charge >= 0.3 is 5.97 Å². The number of carbonyl (C=O) groups excluding carboxylic acids is 1. The molecule has 0 aliphatic rings. The van der Waals surface area contributed by atoms with Gasteiger partial charge in [0.05, 0.1) is 6.04 Å². The Kier molecular flexibility index (Phi) is 4.93. The van der Waals surface area contributed by atoms with Crippen LogP contribution in [0.15, 0.2) is 42.5 Å². The molecule has 0 heterocycles. The lowest BCUT2D eigenvalue weighted by Crippen LogP contribution is -2.26. The number of nitrogens with one attached hydrogen (secondary N) is 1. The zero-order valence-electron chi connectivity index (χ0n) is 12.0. The molecule has 1 unspecified atom stereocenters. The van der Waals surface area contributed by atoms with Crippen molar-refractivity contribution >= 4 is 22.6 Å². The molecule has 110 valence electrons. The van der Waals surface area contributed by atoms with Crippen LogP contribution in [0.1, 0.15) is 37.8 Å². The van der Waals surface area contributed by atoms with Crippen LogP contribution in [0.3, 0.4) is 0 Å². The number of benzene rings is 2. The molecule has 0 saturated heterocycles. The summed E-state index contributed by atoms with van der Waals surface area (Å²) in [5.41, 5.74) is 1.07. The van der Waals surface area contributed by atoms with E-state index in [9.17, 15) is 9.59 Å². The van der Waals surface area contributed by atoms with Crippen LogP contribution < -0.4 is 5.32 Å². The van der Waals surface area contributed by atoms with E-state index in [1.807, 2.05) is 49.4 Å². The number of hydrogen-bond acceptors (Lipinski definition) is 2. The van der Waals surface area contributed by atoms with E-state index in [4.69, 9.17) is 5.11 Å². The highest BCUT2D eigenvalue weighted by molar-refractivity contribution is 5.87. The lowest BCUT2D eigenvalue weighted by molar-refractivity contribution is -0.137. The van der Waals surface area contributed by atoms with Crippen LogP contribution >= 0.6 is 0 Å². The summed E-state index contributed by atoms with van der Waals surface area (Å²) in [6.45, 7) is 1.94. The van der Waals surface area contributed by atoms with Gasteiger partial charge in [-0.1, -0.05) is 42.5 Å². The Hall–Kier alpha value is -2.36. The van der Waals surface area contributed by atoms with Crippen molar-refractivity contribution in [2.75, 3.05) is 0 Å². The first-order valence-corrected chi connectivity index (χ1v) is 7.07. The summed E-state index contributed by atoms with van der Waals surface area (Å²) in [4.78, 5) is 22.3. The van der Waals surface area contributed by atoms with Gasteiger partial charge in [0, 0.05) is 12.8 Å². The molecule has 0 fully saturated rings. The Balaban J connectivity index is 2.03. The Morgan fingerprint density at radius 2 is 1.81 bits per heavy atom. The quantitative estimate of drug-likeness (QED) is 0.856. The third-order valence-corrected chi connectivity index (χ3v) is 3.46. The molecule has 2 N–H and O–H groups in total. The minimum absolute atomic E-state index is 0.0239. The topological polar surface area (TPSA) is 66.4 Å². The van der Waals surface area contributed by atoms with Gasteiger partial charge in [0.15, 0.2) is 0 Å². The lowest BCUT2D eigenvalue weighted by Gasteiger charge is -2.16. The number of aliphatic carboxylic acids is 1. The smallest absolute Gasteiger partial charge is 0.303 e. The molecule has 0 saturated carbocycles. The molecule has 2 rings (SSSR count). The van der Waals surface area contributed by atoms with Crippen LogP contribution in [0.25, 0.3) is 10.8 Å². The van der Waals surface area contributed by atoms with E-state index in [2.05, 4.69) is 5.32 Å². The molecule has 1 amide bonds. The SMILES string of the molecule is CC(NC(=O)CCCC(=O)O)c1cccc2ccccc12. The molecular formula is C17H19NO3. The van der Waals surface area contributed by atoms with Crippen molar-refractivity contribution < 1.29 is 14.7 Å². The average molecular weight is 285 g/mol. The van der Waals surface area contributed by atoms with Gasteiger partial charge in [-0.3, -0.25) is 9.59 Å². The normalized spacial score (nSPS) is 12.0. The highest BCUT2D eigenvalue weighted by Crippen LogP contribution is 2.24. The molecule has 4 nitrogen and oxygen atoms in total. The van der Waals surface area contributed by atoms with Crippen molar-refractivity contribution in [3.8, 4) is 0 Å². The van der Waals surface area contributed by atoms with Crippen LogP contribution in [0.4, 0.5) is 0 Å². The number of carboxylic acid groups (broad SMARTS) is 1. The minimum atomic E-state index is -0.870. The van der Waals surface area contributed by atoms with E-state index in [-0.39, 0.29) is 24.8 Å². The maximum absolute atomic E-state index is 11.8. The third-order valence-electron chi connectivity index (χ3n) is 3.46. The summed E-state index contributed by atoms with van der Waals surface area (Å²) in [6, 6.07) is 14.0. The third kappa shape index (κ3) is 4.05. The predicted molar refractivity (Wildman–Crippen MR) is 82.0 cm³/mol. The van der Waals surface area contributed by atoms with Gasteiger partial charge in [-0.2, -0.15) is 0 Å². The first-order chi connectivity index (χ1) is 10.1. The molecule has 0 spiro atoms. The Labute approximate surface area is 123 Å². The van der Waals surface area contributed by atoms with Crippen molar-refractivity contribution in [3.63, 3.8) is 0 Å². The summed E-state index contributed by atoms with van der Waals surface area (Å²) < 4.78 is 0. The predicted octanol–water partition coefficient (Wildman–Crippen LogP) is 3.27. The van der Waals surface area contributed by atoms with Gasteiger partial charge in [0.2, 0.25) is 5.91 Å². The molecule has 0 aliphatic heterocycles. The van der Waals surface area contributed by atoms with Gasteiger partial charge in [0.1, 0.15) is 0 Å². The summed E-state index contributed by atoms with van der Waals surface area (Å²) >= 11 is 0. The number of rotatable bonds is 6. The molecule has 0 radical (unpaired) electrons. The first kappa shape index (κ1) is 15.0. The zero-order valence-corrected chi connectivity index (χ0v) is 12.0. The second-order valence-electron chi connectivity index (χ2n) is 5.10. The van der Waals surface area contributed by atoms with Gasteiger partial charge < -0.3 is 10.4 Å². The number of carbonyl (C=O) groups is 2. The highest BCUT2D eigenvalue weighted by atomic mass is 16.4. The molecule has 0 bridgehead atoms. The van der Waals surface area contributed by atoms with Crippen LogP contribution in [-0.2, 0) is 9.59 Å². The minimum Gasteiger partial charge on any atom is -0.481 e. The van der Waals surface area contributed by atoms with E-state index in [0.29, 0.717) is 6.42 Å². The van der Waals surface area contributed by atoms with Gasteiger partial charge in [-0.15, -0.1) is 0 Å². The zero-order chi connectivity index (χ0) is 15.2. The second-order valence-corrected chi connectivity index (χ2v) is 5.10. The van der Waals surface area contributed by atoms with E-state index in [1.54, 1.807) is 0 Å². The van der Waals surface area contributed by atoms with Crippen molar-refractivity contribution in [2.24, 2.45) is 0 Å². The second kappa shape index (κ2) is 6.88. The molecule has 2 aromatic rings. The summed E-state index contributed by atoms with van der Waals surface area (Å²) in [5.74, 6) is -0.985. The van der Waals surface area contributed by atoms with Crippen molar-refractivity contribution in [2.45, 2.75) is 32.2 Å². The fourth-order valence-corrected chi connectivity index (χ4v) is 2.42. The van der Waals surface area contributed by atoms with Crippen LogP contribution in [0.5, 0.6) is 0 Å². The van der Waals surface area contributed by atoms with Crippen LogP contribution in [0.2, 0.25) is 0 Å². The number of hydrogen-bond donors (Lipinski definition) is 2. The van der Waals surface area contributed by atoms with E-state index >= 15 is 0 Å². The van der Waals surface area contributed by atoms with Crippen LogP contribution in [0, 0.1) is 0 Å². The number of fused-ring (bicyclic) bond motifs is 1. The molecule has 1 atom stereocenters. The standard InChI is InChI=1S/C17H19NO3/c1-12(18-16(19)10-5-11-17(20)21)14-9-4-7-13-6-2-3-8-15(13)14/h2-4,6-9,12H,5,10-11H2,1H3,(H,18,19)(H,20,21). The molecule has 0 aromatic heterocycles. The van der Waals surface area contributed by atoms with E-state index in [1.165, 1.54) is 0 Å². The first-order valence-electron chi connectivity index (χ1n) is 7.07. The molecule has 0 aliphatic carbocycles. The van der Waals surface area contributed by atoms with Crippen molar-refractivity contribution in [1.82, 2.24) is 5.32 Å². The summed E-state index contributed by atoms with van der Waals surface area (Å²) in [5, 5.41) is 13.8. The fraction of sp³-hybridized carbons (Fsp3) is 0.294. The Bertz CT molecular complexity index is 646. The summed E-state index contributed by atoms with van der Waals surface area (Å²) in [6.07, 6.45) is 0.626. The Morgan fingerprint density at radius 1 is 1.10 bits per heavy atom.